The Hall–Kier alpha value is -1.26. The maximum atomic E-state index is 11.4. The highest BCUT2D eigenvalue weighted by molar-refractivity contribution is 5.73. The molecule has 0 spiro atoms. The molecule has 0 aliphatic carbocycles. The highest BCUT2D eigenvalue weighted by atomic mass is 16.6. The molecule has 0 saturated carbocycles. The van der Waals surface area contributed by atoms with Gasteiger partial charge in [0.15, 0.2) is 0 Å². The summed E-state index contributed by atoms with van der Waals surface area (Å²) in [5.41, 5.74) is 0. The van der Waals surface area contributed by atoms with Crippen LogP contribution in [0.15, 0.2) is 0 Å². The van der Waals surface area contributed by atoms with E-state index in [2.05, 4.69) is 12.2 Å². The minimum Gasteiger partial charge on any atom is -0.442 e. The van der Waals surface area contributed by atoms with E-state index in [9.17, 15) is 9.59 Å². The first kappa shape index (κ1) is 12.8. The minimum absolute atomic E-state index is 0.0968. The Balaban J connectivity index is 2.24. The molecule has 5 heteroatoms. The second kappa shape index (κ2) is 6.35. The number of carbonyl (C=O) groups is 2. The average molecular weight is 228 g/mol. The van der Waals surface area contributed by atoms with Crippen molar-refractivity contribution in [1.29, 1.82) is 0 Å². The SMILES string of the molecule is CCCCCN1CC(CNC(C)=O)OC1=O. The molecule has 1 atom stereocenters. The molecule has 1 saturated heterocycles. The Morgan fingerprint density at radius 2 is 2.31 bits per heavy atom. The summed E-state index contributed by atoms with van der Waals surface area (Å²) in [5, 5.41) is 2.65. The summed E-state index contributed by atoms with van der Waals surface area (Å²) >= 11 is 0. The van der Waals surface area contributed by atoms with E-state index in [1.807, 2.05) is 0 Å². The van der Waals surface area contributed by atoms with E-state index in [-0.39, 0.29) is 18.1 Å². The average Bonchev–Trinajstić information content (AvgIpc) is 2.57. The van der Waals surface area contributed by atoms with E-state index < -0.39 is 0 Å². The Morgan fingerprint density at radius 3 is 2.94 bits per heavy atom. The van der Waals surface area contributed by atoms with Crippen LogP contribution in [0.25, 0.3) is 0 Å². The fourth-order valence-corrected chi connectivity index (χ4v) is 1.67. The van der Waals surface area contributed by atoms with Crippen molar-refractivity contribution in [1.82, 2.24) is 10.2 Å². The standard InChI is InChI=1S/C11H20N2O3/c1-3-4-5-6-13-8-10(16-11(13)15)7-12-9(2)14/h10H,3-8H2,1-2H3,(H,12,14). The molecule has 16 heavy (non-hydrogen) atoms. The number of amides is 2. The number of hydrogen-bond donors (Lipinski definition) is 1. The molecule has 92 valence electrons. The summed E-state index contributed by atoms with van der Waals surface area (Å²) < 4.78 is 5.13. The molecular formula is C11H20N2O3. The third kappa shape index (κ3) is 4.08. The number of nitrogens with one attached hydrogen (secondary N) is 1. The Morgan fingerprint density at radius 1 is 1.56 bits per heavy atom. The Labute approximate surface area is 96.1 Å². The van der Waals surface area contributed by atoms with Gasteiger partial charge in [-0.3, -0.25) is 4.79 Å². The molecule has 0 aromatic carbocycles. The van der Waals surface area contributed by atoms with Gasteiger partial charge in [0, 0.05) is 13.5 Å². The minimum atomic E-state index is -0.258. The van der Waals surface area contributed by atoms with Crippen LogP contribution in [0.5, 0.6) is 0 Å². The zero-order valence-electron chi connectivity index (χ0n) is 9.99. The number of rotatable bonds is 6. The maximum absolute atomic E-state index is 11.4. The molecule has 0 aromatic heterocycles. The molecule has 0 radical (unpaired) electrons. The van der Waals surface area contributed by atoms with Crippen LogP contribution in [0.3, 0.4) is 0 Å². The van der Waals surface area contributed by atoms with Crippen molar-refractivity contribution in [3.05, 3.63) is 0 Å². The van der Waals surface area contributed by atoms with Gasteiger partial charge in [-0.05, 0) is 6.42 Å². The van der Waals surface area contributed by atoms with Crippen LogP contribution in [0, 0.1) is 0 Å². The molecule has 1 rings (SSSR count). The van der Waals surface area contributed by atoms with Crippen LogP contribution in [0.2, 0.25) is 0 Å². The van der Waals surface area contributed by atoms with Gasteiger partial charge in [0.2, 0.25) is 5.91 Å². The van der Waals surface area contributed by atoms with E-state index in [0.717, 1.165) is 25.8 Å². The smallest absolute Gasteiger partial charge is 0.410 e. The fourth-order valence-electron chi connectivity index (χ4n) is 1.67. The highest BCUT2D eigenvalue weighted by Gasteiger charge is 2.30. The molecule has 1 heterocycles. The van der Waals surface area contributed by atoms with Crippen LogP contribution >= 0.6 is 0 Å². The predicted octanol–water partition coefficient (Wildman–Crippen LogP) is 1.13. The Bertz CT molecular complexity index is 256. The van der Waals surface area contributed by atoms with Gasteiger partial charge in [-0.1, -0.05) is 19.8 Å². The lowest BCUT2D eigenvalue weighted by Gasteiger charge is -2.12. The number of ether oxygens (including phenoxy) is 1. The molecule has 1 aliphatic heterocycles. The zero-order valence-corrected chi connectivity index (χ0v) is 9.99. The van der Waals surface area contributed by atoms with Crippen molar-refractivity contribution in [3.63, 3.8) is 0 Å². The van der Waals surface area contributed by atoms with Gasteiger partial charge in [0.1, 0.15) is 6.10 Å². The summed E-state index contributed by atoms with van der Waals surface area (Å²) in [6.07, 6.45) is 2.82. The van der Waals surface area contributed by atoms with Gasteiger partial charge < -0.3 is 15.0 Å². The third-order valence-corrected chi connectivity index (χ3v) is 2.56. The van der Waals surface area contributed by atoms with Gasteiger partial charge in [0.05, 0.1) is 13.1 Å². The lowest BCUT2D eigenvalue weighted by molar-refractivity contribution is -0.119. The second-order valence-corrected chi connectivity index (χ2v) is 4.10. The molecule has 1 unspecified atom stereocenters. The second-order valence-electron chi connectivity index (χ2n) is 4.10. The molecule has 0 bridgehead atoms. The predicted molar refractivity (Wildman–Crippen MR) is 60.1 cm³/mol. The number of unbranched alkanes of at least 4 members (excludes halogenated alkanes) is 2. The molecule has 0 aromatic rings. The van der Waals surface area contributed by atoms with E-state index in [0.29, 0.717) is 13.1 Å². The van der Waals surface area contributed by atoms with Crippen LogP contribution in [0.1, 0.15) is 33.1 Å². The molecule has 1 fully saturated rings. The lowest BCUT2D eigenvalue weighted by atomic mass is 10.2. The van der Waals surface area contributed by atoms with Gasteiger partial charge in [0.25, 0.3) is 0 Å². The quantitative estimate of drug-likeness (QED) is 0.693. The fraction of sp³-hybridized carbons (Fsp3) is 0.818. The third-order valence-electron chi connectivity index (χ3n) is 2.56. The first-order valence-corrected chi connectivity index (χ1v) is 5.83. The largest absolute Gasteiger partial charge is 0.442 e. The summed E-state index contributed by atoms with van der Waals surface area (Å²) in [5.74, 6) is -0.0968. The monoisotopic (exact) mass is 228 g/mol. The lowest BCUT2D eigenvalue weighted by Crippen LogP contribution is -2.33. The van der Waals surface area contributed by atoms with E-state index in [4.69, 9.17) is 4.74 Å². The topological polar surface area (TPSA) is 58.6 Å². The summed E-state index contributed by atoms with van der Waals surface area (Å²) in [6.45, 7) is 5.33. The van der Waals surface area contributed by atoms with Crippen molar-refractivity contribution in [2.45, 2.75) is 39.2 Å². The number of carbonyl (C=O) groups excluding carboxylic acids is 2. The number of hydrogen-bond acceptors (Lipinski definition) is 3. The van der Waals surface area contributed by atoms with Crippen molar-refractivity contribution in [3.8, 4) is 0 Å². The molecule has 1 aliphatic rings. The van der Waals surface area contributed by atoms with E-state index >= 15 is 0 Å². The van der Waals surface area contributed by atoms with E-state index in [1.54, 1.807) is 4.90 Å². The molecule has 2 amide bonds. The highest BCUT2D eigenvalue weighted by Crippen LogP contribution is 2.11. The summed E-state index contributed by atoms with van der Waals surface area (Å²) in [7, 11) is 0. The van der Waals surface area contributed by atoms with Crippen LogP contribution < -0.4 is 5.32 Å². The van der Waals surface area contributed by atoms with E-state index in [1.165, 1.54) is 6.92 Å². The normalized spacial score (nSPS) is 19.8. The first-order valence-electron chi connectivity index (χ1n) is 5.83. The molecular weight excluding hydrogens is 208 g/mol. The van der Waals surface area contributed by atoms with Crippen molar-refractivity contribution >= 4 is 12.0 Å². The summed E-state index contributed by atoms with van der Waals surface area (Å²) in [6, 6.07) is 0. The van der Waals surface area contributed by atoms with Crippen molar-refractivity contribution < 1.29 is 14.3 Å². The van der Waals surface area contributed by atoms with Crippen molar-refractivity contribution in [2.75, 3.05) is 19.6 Å². The molecule has 5 nitrogen and oxygen atoms in total. The summed E-state index contributed by atoms with van der Waals surface area (Å²) in [4.78, 5) is 23.8. The Kier molecular flexibility index (Phi) is 5.08. The van der Waals surface area contributed by atoms with Crippen LogP contribution in [0.4, 0.5) is 4.79 Å². The van der Waals surface area contributed by atoms with Crippen LogP contribution in [-0.4, -0.2) is 42.6 Å². The van der Waals surface area contributed by atoms with Gasteiger partial charge >= 0.3 is 6.09 Å². The van der Waals surface area contributed by atoms with Gasteiger partial charge in [-0.15, -0.1) is 0 Å². The maximum Gasteiger partial charge on any atom is 0.410 e. The molecule has 1 N–H and O–H groups in total. The van der Waals surface area contributed by atoms with Crippen LogP contribution in [-0.2, 0) is 9.53 Å². The van der Waals surface area contributed by atoms with Crippen molar-refractivity contribution in [2.24, 2.45) is 0 Å². The van der Waals surface area contributed by atoms with Gasteiger partial charge in [-0.25, -0.2) is 4.79 Å². The first-order chi connectivity index (χ1) is 7.63. The number of nitrogens with zero attached hydrogens (tertiary/aromatic N) is 1. The number of cyclic esters (lactones) is 1. The zero-order chi connectivity index (χ0) is 12.0. The van der Waals surface area contributed by atoms with Gasteiger partial charge in [-0.2, -0.15) is 0 Å².